The molecular weight excluding hydrogens is 224 g/mol. The van der Waals surface area contributed by atoms with Crippen LogP contribution in [0, 0.1) is 0 Å². The van der Waals surface area contributed by atoms with Gasteiger partial charge < -0.3 is 10.6 Å². The van der Waals surface area contributed by atoms with Crippen molar-refractivity contribution in [2.75, 3.05) is 26.7 Å². The lowest BCUT2D eigenvalue weighted by Gasteiger charge is -2.39. The Kier molecular flexibility index (Phi) is 4.69. The quantitative estimate of drug-likeness (QED) is 0.865. The van der Waals surface area contributed by atoms with Crippen molar-refractivity contribution in [1.29, 1.82) is 0 Å². The number of hydrogen-bond acceptors (Lipinski definition) is 4. The van der Waals surface area contributed by atoms with E-state index in [1.165, 1.54) is 12.0 Å². The largest absolute Gasteiger partial charge is 0.325 e. The number of nitrogens with two attached hydrogens (primary N) is 1. The molecule has 0 saturated carbocycles. The molecule has 2 heterocycles. The molecule has 0 aliphatic carbocycles. The molecule has 4 nitrogen and oxygen atoms in total. The van der Waals surface area contributed by atoms with Crippen LogP contribution >= 0.6 is 0 Å². The molecule has 1 unspecified atom stereocenters. The number of hydrogen-bond donors (Lipinski definition) is 1. The van der Waals surface area contributed by atoms with E-state index in [9.17, 15) is 0 Å². The van der Waals surface area contributed by atoms with E-state index in [-0.39, 0.29) is 0 Å². The smallest absolute Gasteiger partial charge is 0.0542 e. The molecule has 0 spiro atoms. The summed E-state index contributed by atoms with van der Waals surface area (Å²) in [6, 6.07) is 4.91. The normalized spacial score (nSPS) is 22.3. The van der Waals surface area contributed by atoms with Gasteiger partial charge >= 0.3 is 0 Å². The van der Waals surface area contributed by atoms with Crippen LogP contribution in [0.5, 0.6) is 0 Å². The highest BCUT2D eigenvalue weighted by atomic mass is 15.3. The van der Waals surface area contributed by atoms with Gasteiger partial charge in [0.1, 0.15) is 0 Å². The lowest BCUT2D eigenvalue weighted by atomic mass is 10.1. The standard InChI is InChI=1S/C14H24N4/c1-3-14-11-18(7-6-17(14)2)10-12-4-5-16-13(8-12)9-15/h4-5,8,14H,3,6-7,9-11,15H2,1-2H3. The first-order chi connectivity index (χ1) is 8.72. The molecule has 0 bridgehead atoms. The number of piperazine rings is 1. The van der Waals surface area contributed by atoms with E-state index in [2.05, 4.69) is 40.9 Å². The van der Waals surface area contributed by atoms with Gasteiger partial charge in [0.15, 0.2) is 0 Å². The van der Waals surface area contributed by atoms with Crippen LogP contribution in [0.3, 0.4) is 0 Å². The molecule has 18 heavy (non-hydrogen) atoms. The average molecular weight is 248 g/mol. The molecule has 4 heteroatoms. The Balaban J connectivity index is 1.96. The first kappa shape index (κ1) is 13.5. The Bertz CT molecular complexity index is 380. The summed E-state index contributed by atoms with van der Waals surface area (Å²) < 4.78 is 0. The van der Waals surface area contributed by atoms with Gasteiger partial charge in [-0.3, -0.25) is 9.88 Å². The van der Waals surface area contributed by atoms with Crippen molar-refractivity contribution in [2.24, 2.45) is 5.73 Å². The molecule has 1 aromatic heterocycles. The topological polar surface area (TPSA) is 45.4 Å². The van der Waals surface area contributed by atoms with Crippen molar-refractivity contribution in [1.82, 2.24) is 14.8 Å². The lowest BCUT2D eigenvalue weighted by Crippen LogP contribution is -2.50. The van der Waals surface area contributed by atoms with Gasteiger partial charge in [-0.15, -0.1) is 0 Å². The van der Waals surface area contributed by atoms with Crippen LogP contribution in [0.1, 0.15) is 24.6 Å². The van der Waals surface area contributed by atoms with Crippen LogP contribution in [0.25, 0.3) is 0 Å². The molecule has 1 atom stereocenters. The van der Waals surface area contributed by atoms with Crippen LogP contribution in [0.2, 0.25) is 0 Å². The Morgan fingerprint density at radius 1 is 1.44 bits per heavy atom. The number of pyridine rings is 1. The highest BCUT2D eigenvalue weighted by Crippen LogP contribution is 2.14. The summed E-state index contributed by atoms with van der Waals surface area (Å²) in [6.07, 6.45) is 3.09. The van der Waals surface area contributed by atoms with E-state index < -0.39 is 0 Å². The fraction of sp³-hybridized carbons (Fsp3) is 0.643. The molecule has 0 radical (unpaired) electrons. The van der Waals surface area contributed by atoms with Crippen molar-refractivity contribution in [3.05, 3.63) is 29.6 Å². The van der Waals surface area contributed by atoms with Gasteiger partial charge in [-0.05, 0) is 31.2 Å². The second kappa shape index (κ2) is 6.27. The van der Waals surface area contributed by atoms with E-state index >= 15 is 0 Å². The summed E-state index contributed by atoms with van der Waals surface area (Å²) in [5, 5.41) is 0. The van der Waals surface area contributed by atoms with Crippen LogP contribution in [0.4, 0.5) is 0 Å². The highest BCUT2D eigenvalue weighted by molar-refractivity contribution is 5.16. The second-order valence-corrected chi connectivity index (χ2v) is 5.14. The second-order valence-electron chi connectivity index (χ2n) is 5.14. The van der Waals surface area contributed by atoms with E-state index in [0.717, 1.165) is 31.9 Å². The molecule has 0 aromatic carbocycles. The number of rotatable bonds is 4. The van der Waals surface area contributed by atoms with Gasteiger partial charge in [-0.1, -0.05) is 6.92 Å². The minimum absolute atomic E-state index is 0.522. The molecular formula is C14H24N4. The summed E-state index contributed by atoms with van der Waals surface area (Å²) in [5.74, 6) is 0. The maximum atomic E-state index is 5.63. The van der Waals surface area contributed by atoms with Gasteiger partial charge in [-0.25, -0.2) is 0 Å². The molecule has 100 valence electrons. The van der Waals surface area contributed by atoms with Crippen molar-refractivity contribution in [3.63, 3.8) is 0 Å². The molecule has 1 saturated heterocycles. The predicted molar refractivity (Wildman–Crippen MR) is 74.1 cm³/mol. The van der Waals surface area contributed by atoms with E-state index in [1.807, 2.05) is 6.20 Å². The monoisotopic (exact) mass is 248 g/mol. The van der Waals surface area contributed by atoms with Gasteiger partial charge in [0, 0.05) is 45.0 Å². The van der Waals surface area contributed by atoms with Crippen molar-refractivity contribution < 1.29 is 0 Å². The molecule has 1 fully saturated rings. The Hall–Kier alpha value is -0.970. The van der Waals surface area contributed by atoms with Crippen molar-refractivity contribution in [2.45, 2.75) is 32.5 Å². The van der Waals surface area contributed by atoms with E-state index in [4.69, 9.17) is 5.73 Å². The molecule has 1 aliphatic heterocycles. The van der Waals surface area contributed by atoms with Crippen LogP contribution in [0.15, 0.2) is 18.3 Å². The number of aromatic nitrogens is 1. The van der Waals surface area contributed by atoms with Crippen LogP contribution < -0.4 is 5.73 Å². The molecule has 2 N–H and O–H groups in total. The molecule has 0 amide bonds. The zero-order valence-corrected chi connectivity index (χ0v) is 11.5. The van der Waals surface area contributed by atoms with Crippen LogP contribution in [-0.4, -0.2) is 47.5 Å². The van der Waals surface area contributed by atoms with Crippen LogP contribution in [-0.2, 0) is 13.1 Å². The predicted octanol–water partition coefficient (Wildman–Crippen LogP) is 1.07. The first-order valence-electron chi connectivity index (χ1n) is 6.79. The maximum absolute atomic E-state index is 5.63. The van der Waals surface area contributed by atoms with Gasteiger partial charge in [-0.2, -0.15) is 0 Å². The summed E-state index contributed by atoms with van der Waals surface area (Å²) in [7, 11) is 2.23. The van der Waals surface area contributed by atoms with E-state index in [0.29, 0.717) is 12.6 Å². The van der Waals surface area contributed by atoms with Crippen molar-refractivity contribution >= 4 is 0 Å². The van der Waals surface area contributed by atoms with Gasteiger partial charge in [0.2, 0.25) is 0 Å². The van der Waals surface area contributed by atoms with Gasteiger partial charge in [0.05, 0.1) is 5.69 Å². The fourth-order valence-corrected chi connectivity index (χ4v) is 2.59. The summed E-state index contributed by atoms with van der Waals surface area (Å²) in [5.41, 5.74) is 7.94. The lowest BCUT2D eigenvalue weighted by molar-refractivity contribution is 0.0883. The van der Waals surface area contributed by atoms with Crippen molar-refractivity contribution in [3.8, 4) is 0 Å². The fourth-order valence-electron chi connectivity index (χ4n) is 2.59. The third-order valence-electron chi connectivity index (χ3n) is 3.83. The third-order valence-corrected chi connectivity index (χ3v) is 3.83. The first-order valence-corrected chi connectivity index (χ1v) is 6.79. The van der Waals surface area contributed by atoms with E-state index in [1.54, 1.807) is 0 Å². The minimum Gasteiger partial charge on any atom is -0.325 e. The molecule has 1 aromatic rings. The third kappa shape index (κ3) is 3.28. The van der Waals surface area contributed by atoms with Gasteiger partial charge in [0.25, 0.3) is 0 Å². The zero-order chi connectivity index (χ0) is 13.0. The molecule has 1 aliphatic rings. The molecule has 2 rings (SSSR count). The Morgan fingerprint density at radius 3 is 3.00 bits per heavy atom. The Labute approximate surface area is 110 Å². The zero-order valence-electron chi connectivity index (χ0n) is 11.5. The Morgan fingerprint density at radius 2 is 2.28 bits per heavy atom. The summed E-state index contributed by atoms with van der Waals surface area (Å²) in [6.45, 7) is 7.27. The average Bonchev–Trinajstić information content (AvgIpc) is 2.41. The SMILES string of the molecule is CCC1CN(Cc2ccnc(CN)c2)CCN1C. The highest BCUT2D eigenvalue weighted by Gasteiger charge is 2.22. The summed E-state index contributed by atoms with van der Waals surface area (Å²) >= 11 is 0. The maximum Gasteiger partial charge on any atom is 0.0542 e. The minimum atomic E-state index is 0.522. The number of likely N-dealkylation sites (N-methyl/N-ethyl adjacent to an activating group) is 1. The number of nitrogens with zero attached hydrogens (tertiary/aromatic N) is 3. The summed E-state index contributed by atoms with van der Waals surface area (Å²) in [4.78, 5) is 9.24.